The number of nitriles is 1. The molecule has 0 spiro atoms. The highest BCUT2D eigenvalue weighted by Gasteiger charge is 2.34. The molecule has 0 atom stereocenters. The van der Waals surface area contributed by atoms with E-state index in [1.165, 1.54) is 18.2 Å². The van der Waals surface area contributed by atoms with Gasteiger partial charge in [0.2, 0.25) is 0 Å². The molecule has 6 nitrogen and oxygen atoms in total. The molecule has 0 aliphatic heterocycles. The monoisotopic (exact) mass is 247 g/mol. The van der Waals surface area contributed by atoms with Gasteiger partial charge in [-0.05, 0) is 25.3 Å². The fourth-order valence-electron chi connectivity index (χ4n) is 1.91. The van der Waals surface area contributed by atoms with Gasteiger partial charge in [0.25, 0.3) is 5.69 Å². The second-order valence-corrected chi connectivity index (χ2v) is 4.53. The summed E-state index contributed by atoms with van der Waals surface area (Å²) in [5, 5.41) is 32.4. The number of nitro benzene ring substituents is 1. The number of aliphatic hydroxyl groups is 1. The smallest absolute Gasteiger partial charge is 0.270 e. The predicted molar refractivity (Wildman–Crippen MR) is 65.1 cm³/mol. The van der Waals surface area contributed by atoms with Crippen molar-refractivity contribution in [1.29, 1.82) is 5.26 Å². The molecule has 0 radical (unpaired) electrons. The van der Waals surface area contributed by atoms with E-state index in [9.17, 15) is 15.2 Å². The lowest BCUT2D eigenvalue weighted by Crippen LogP contribution is -2.43. The number of anilines is 1. The van der Waals surface area contributed by atoms with Gasteiger partial charge in [0.1, 0.15) is 6.07 Å². The third-order valence-electron chi connectivity index (χ3n) is 3.23. The Morgan fingerprint density at radius 2 is 2.28 bits per heavy atom. The molecular formula is C12H13N3O3. The van der Waals surface area contributed by atoms with Gasteiger partial charge >= 0.3 is 0 Å². The van der Waals surface area contributed by atoms with Crippen molar-refractivity contribution >= 4 is 11.4 Å². The van der Waals surface area contributed by atoms with Crippen LogP contribution in [-0.2, 0) is 0 Å². The number of nitrogens with zero attached hydrogens (tertiary/aromatic N) is 2. The zero-order chi connectivity index (χ0) is 13.2. The number of non-ortho nitro benzene ring substituents is 1. The molecule has 0 unspecified atom stereocenters. The van der Waals surface area contributed by atoms with E-state index in [0.717, 1.165) is 19.3 Å². The highest BCUT2D eigenvalue weighted by atomic mass is 16.6. The minimum Gasteiger partial charge on any atom is -0.388 e. The standard InChI is InChI=1S/C12H13N3O3/c13-7-9-6-10(15(17)18)2-3-11(9)14-8-12(16)4-1-5-12/h2-3,6,14,16H,1,4-5,8H2. The summed E-state index contributed by atoms with van der Waals surface area (Å²) in [6.07, 6.45) is 2.49. The fourth-order valence-corrected chi connectivity index (χ4v) is 1.91. The van der Waals surface area contributed by atoms with Gasteiger partial charge in [-0.3, -0.25) is 10.1 Å². The molecule has 1 aliphatic rings. The fraction of sp³-hybridized carbons (Fsp3) is 0.417. The summed E-state index contributed by atoms with van der Waals surface area (Å²) in [7, 11) is 0. The van der Waals surface area contributed by atoms with E-state index in [4.69, 9.17) is 5.26 Å². The Kier molecular flexibility index (Phi) is 3.17. The van der Waals surface area contributed by atoms with Gasteiger partial charge in [-0.25, -0.2) is 0 Å². The van der Waals surface area contributed by atoms with Crippen LogP contribution < -0.4 is 5.32 Å². The van der Waals surface area contributed by atoms with E-state index >= 15 is 0 Å². The highest BCUT2D eigenvalue weighted by Crippen LogP contribution is 2.32. The van der Waals surface area contributed by atoms with Crippen molar-refractivity contribution in [1.82, 2.24) is 0 Å². The first-order chi connectivity index (χ1) is 8.54. The molecule has 1 aromatic rings. The van der Waals surface area contributed by atoms with Crippen molar-refractivity contribution in [3.05, 3.63) is 33.9 Å². The second-order valence-electron chi connectivity index (χ2n) is 4.53. The van der Waals surface area contributed by atoms with Gasteiger partial charge in [-0.15, -0.1) is 0 Å². The SMILES string of the molecule is N#Cc1cc([N+](=O)[O-])ccc1NCC1(O)CCC1. The van der Waals surface area contributed by atoms with Gasteiger partial charge < -0.3 is 10.4 Å². The Hall–Kier alpha value is -2.13. The molecule has 1 saturated carbocycles. The van der Waals surface area contributed by atoms with Crippen LogP contribution in [0.5, 0.6) is 0 Å². The summed E-state index contributed by atoms with van der Waals surface area (Å²) < 4.78 is 0. The normalized spacial score (nSPS) is 16.4. The number of nitro groups is 1. The lowest BCUT2D eigenvalue weighted by molar-refractivity contribution is -0.384. The largest absolute Gasteiger partial charge is 0.388 e. The quantitative estimate of drug-likeness (QED) is 0.624. The van der Waals surface area contributed by atoms with Crippen LogP contribution in [0.25, 0.3) is 0 Å². The first-order valence-electron chi connectivity index (χ1n) is 5.69. The van der Waals surface area contributed by atoms with Gasteiger partial charge in [0.05, 0.1) is 21.8 Å². The highest BCUT2D eigenvalue weighted by molar-refractivity contribution is 5.61. The molecule has 0 bridgehead atoms. The zero-order valence-electron chi connectivity index (χ0n) is 9.72. The molecule has 0 aromatic heterocycles. The van der Waals surface area contributed by atoms with Crippen LogP contribution in [0.2, 0.25) is 0 Å². The van der Waals surface area contributed by atoms with Crippen LogP contribution in [0.3, 0.4) is 0 Å². The Labute approximate surface area is 104 Å². The summed E-state index contributed by atoms with van der Waals surface area (Å²) in [4.78, 5) is 10.1. The van der Waals surface area contributed by atoms with Crippen LogP contribution in [0.4, 0.5) is 11.4 Å². The molecule has 0 heterocycles. The number of hydrogen-bond acceptors (Lipinski definition) is 5. The van der Waals surface area contributed by atoms with Gasteiger partial charge in [-0.1, -0.05) is 0 Å². The topological polar surface area (TPSA) is 99.2 Å². The maximum absolute atomic E-state index is 10.6. The van der Waals surface area contributed by atoms with Gasteiger partial charge in [0, 0.05) is 18.7 Å². The van der Waals surface area contributed by atoms with Gasteiger partial charge in [-0.2, -0.15) is 5.26 Å². The van der Waals surface area contributed by atoms with E-state index in [1.54, 1.807) is 0 Å². The maximum Gasteiger partial charge on any atom is 0.270 e. The van der Waals surface area contributed by atoms with E-state index < -0.39 is 10.5 Å². The third-order valence-corrected chi connectivity index (χ3v) is 3.23. The first-order valence-corrected chi connectivity index (χ1v) is 5.69. The van der Waals surface area contributed by atoms with Crippen molar-refractivity contribution in [2.75, 3.05) is 11.9 Å². The summed E-state index contributed by atoms with van der Waals surface area (Å²) in [6.45, 7) is 0.361. The number of hydrogen-bond donors (Lipinski definition) is 2. The number of benzene rings is 1. The van der Waals surface area contributed by atoms with Crippen LogP contribution in [-0.4, -0.2) is 22.2 Å². The second kappa shape index (κ2) is 4.63. The average Bonchev–Trinajstić information content (AvgIpc) is 2.33. The summed E-state index contributed by atoms with van der Waals surface area (Å²) in [5.74, 6) is 0. The summed E-state index contributed by atoms with van der Waals surface area (Å²) >= 11 is 0. The predicted octanol–water partition coefficient (Wildman–Crippen LogP) is 1.79. The van der Waals surface area contributed by atoms with Crippen LogP contribution in [0.15, 0.2) is 18.2 Å². The maximum atomic E-state index is 10.6. The van der Waals surface area contributed by atoms with Crippen molar-refractivity contribution in [3.63, 3.8) is 0 Å². The Morgan fingerprint density at radius 1 is 1.56 bits per heavy atom. The summed E-state index contributed by atoms with van der Waals surface area (Å²) in [5.41, 5.74) is -0.0795. The Bertz CT molecular complexity index is 518. The first kappa shape index (κ1) is 12.3. The average molecular weight is 247 g/mol. The Balaban J connectivity index is 2.13. The minimum absolute atomic E-state index is 0.112. The molecular weight excluding hydrogens is 234 g/mol. The summed E-state index contributed by atoms with van der Waals surface area (Å²) in [6, 6.07) is 5.98. The van der Waals surface area contributed by atoms with Crippen molar-refractivity contribution in [2.45, 2.75) is 24.9 Å². The van der Waals surface area contributed by atoms with Crippen LogP contribution in [0, 0.1) is 21.4 Å². The van der Waals surface area contributed by atoms with Crippen molar-refractivity contribution < 1.29 is 10.0 Å². The molecule has 0 amide bonds. The van der Waals surface area contributed by atoms with E-state index in [2.05, 4.69) is 5.32 Å². The molecule has 0 saturated heterocycles. The van der Waals surface area contributed by atoms with Gasteiger partial charge in [0.15, 0.2) is 0 Å². The molecule has 6 heteroatoms. The molecule has 94 valence electrons. The molecule has 1 fully saturated rings. The lowest BCUT2D eigenvalue weighted by atomic mass is 9.80. The van der Waals surface area contributed by atoms with E-state index in [-0.39, 0.29) is 11.3 Å². The molecule has 18 heavy (non-hydrogen) atoms. The number of rotatable bonds is 4. The Morgan fingerprint density at radius 3 is 2.78 bits per heavy atom. The van der Waals surface area contributed by atoms with Crippen LogP contribution >= 0.6 is 0 Å². The molecule has 2 N–H and O–H groups in total. The molecule has 2 rings (SSSR count). The van der Waals surface area contributed by atoms with E-state index in [0.29, 0.717) is 12.2 Å². The minimum atomic E-state index is -0.700. The van der Waals surface area contributed by atoms with Crippen LogP contribution in [0.1, 0.15) is 24.8 Å². The zero-order valence-corrected chi connectivity index (χ0v) is 9.72. The molecule has 1 aromatic carbocycles. The van der Waals surface area contributed by atoms with E-state index in [1.807, 2.05) is 6.07 Å². The number of nitrogens with one attached hydrogen (secondary N) is 1. The lowest BCUT2D eigenvalue weighted by Gasteiger charge is -2.36. The van der Waals surface area contributed by atoms with Crippen molar-refractivity contribution in [2.24, 2.45) is 0 Å². The third kappa shape index (κ3) is 2.41. The molecule has 1 aliphatic carbocycles. The van der Waals surface area contributed by atoms with Crippen molar-refractivity contribution in [3.8, 4) is 6.07 Å².